The summed E-state index contributed by atoms with van der Waals surface area (Å²) in [6.45, 7) is 0. The van der Waals surface area contributed by atoms with Crippen LogP contribution in [0.1, 0.15) is 0 Å². The van der Waals surface area contributed by atoms with Gasteiger partial charge in [-0.25, -0.2) is 0 Å². The van der Waals surface area contributed by atoms with Crippen LogP contribution < -0.4 is 4.90 Å². The number of rotatable bonds is 1. The summed E-state index contributed by atoms with van der Waals surface area (Å²) in [5, 5.41) is 0. The van der Waals surface area contributed by atoms with E-state index < -0.39 is 0 Å². The summed E-state index contributed by atoms with van der Waals surface area (Å²) in [6, 6.07) is 10.3. The average Bonchev–Trinajstić information content (AvgIpc) is 1.90. The Labute approximate surface area is 84.3 Å². The van der Waals surface area contributed by atoms with Crippen molar-refractivity contribution in [2.24, 2.45) is 0 Å². The SMILES string of the molecule is CN(C)c1ccccc1.[NaH]. The zero-order valence-corrected chi connectivity index (χ0v) is 5.83. The first-order valence-electron chi connectivity index (χ1n) is 3.03. The number of hydrogen-bond acceptors (Lipinski definition) is 1. The van der Waals surface area contributed by atoms with E-state index in [1.165, 1.54) is 5.69 Å². The molecule has 0 saturated carbocycles. The molecule has 2 heteroatoms. The van der Waals surface area contributed by atoms with Crippen LogP contribution in [0.25, 0.3) is 0 Å². The van der Waals surface area contributed by atoms with Crippen LogP contribution in [0.3, 0.4) is 0 Å². The van der Waals surface area contributed by atoms with E-state index in [9.17, 15) is 0 Å². The third-order valence-electron chi connectivity index (χ3n) is 1.27. The zero-order chi connectivity index (χ0) is 6.69. The summed E-state index contributed by atoms with van der Waals surface area (Å²) in [5.74, 6) is 0. The van der Waals surface area contributed by atoms with Crippen molar-refractivity contribution in [2.45, 2.75) is 0 Å². The van der Waals surface area contributed by atoms with Crippen LogP contribution in [0.2, 0.25) is 0 Å². The minimum absolute atomic E-state index is 0. The summed E-state index contributed by atoms with van der Waals surface area (Å²) in [7, 11) is 4.07. The van der Waals surface area contributed by atoms with Crippen molar-refractivity contribution >= 4 is 35.2 Å². The Hall–Kier alpha value is 0.0200. The standard InChI is InChI=1S/C8H11N.Na.H/c1-9(2)8-6-4-3-5-7-8;;/h3-7H,1-2H3;;. The van der Waals surface area contributed by atoms with Gasteiger partial charge in [-0.2, -0.15) is 0 Å². The van der Waals surface area contributed by atoms with Gasteiger partial charge in [0.2, 0.25) is 0 Å². The van der Waals surface area contributed by atoms with E-state index in [0.717, 1.165) is 0 Å². The number of para-hydroxylation sites is 1. The van der Waals surface area contributed by atoms with Gasteiger partial charge < -0.3 is 4.90 Å². The molecule has 0 N–H and O–H groups in total. The van der Waals surface area contributed by atoms with Crippen molar-refractivity contribution < 1.29 is 0 Å². The van der Waals surface area contributed by atoms with Crippen LogP contribution in [-0.2, 0) is 0 Å². The molecule has 0 aromatic heterocycles. The van der Waals surface area contributed by atoms with E-state index in [1.54, 1.807) is 0 Å². The number of nitrogens with zero attached hydrogens (tertiary/aromatic N) is 1. The van der Waals surface area contributed by atoms with E-state index in [4.69, 9.17) is 0 Å². The second kappa shape index (κ2) is 4.78. The van der Waals surface area contributed by atoms with Gasteiger partial charge in [-0.05, 0) is 12.1 Å². The molecule has 50 valence electrons. The fourth-order valence-corrected chi connectivity index (χ4v) is 0.726. The molecule has 0 radical (unpaired) electrons. The van der Waals surface area contributed by atoms with Crippen molar-refractivity contribution in [3.05, 3.63) is 30.3 Å². The Kier molecular flexibility index (Phi) is 4.79. The van der Waals surface area contributed by atoms with Gasteiger partial charge in [0.1, 0.15) is 0 Å². The molecule has 10 heavy (non-hydrogen) atoms. The predicted octanol–water partition coefficient (Wildman–Crippen LogP) is 1.10. The zero-order valence-electron chi connectivity index (χ0n) is 5.83. The van der Waals surface area contributed by atoms with Gasteiger partial charge in [0.15, 0.2) is 0 Å². The molecule has 0 fully saturated rings. The second-order valence-corrected chi connectivity index (χ2v) is 2.23. The van der Waals surface area contributed by atoms with Crippen LogP contribution >= 0.6 is 0 Å². The van der Waals surface area contributed by atoms with E-state index in [0.29, 0.717) is 0 Å². The first-order chi connectivity index (χ1) is 4.30. The molecule has 0 saturated heterocycles. The Morgan fingerprint density at radius 2 is 1.50 bits per heavy atom. The van der Waals surface area contributed by atoms with Gasteiger partial charge in [0.05, 0.1) is 0 Å². The molecule has 0 bridgehead atoms. The van der Waals surface area contributed by atoms with Crippen molar-refractivity contribution in [1.29, 1.82) is 0 Å². The molecule has 0 amide bonds. The fourth-order valence-electron chi connectivity index (χ4n) is 0.726. The van der Waals surface area contributed by atoms with Gasteiger partial charge in [0.25, 0.3) is 0 Å². The van der Waals surface area contributed by atoms with Crippen LogP contribution in [-0.4, -0.2) is 43.7 Å². The summed E-state index contributed by atoms with van der Waals surface area (Å²) in [6.07, 6.45) is 0. The summed E-state index contributed by atoms with van der Waals surface area (Å²) in [4.78, 5) is 2.08. The molecule has 0 unspecified atom stereocenters. The molecule has 1 aromatic rings. The average molecular weight is 145 g/mol. The molecule has 0 heterocycles. The van der Waals surface area contributed by atoms with Crippen LogP contribution in [0.4, 0.5) is 5.69 Å². The summed E-state index contributed by atoms with van der Waals surface area (Å²) < 4.78 is 0. The van der Waals surface area contributed by atoms with Crippen molar-refractivity contribution in [2.75, 3.05) is 19.0 Å². The van der Waals surface area contributed by atoms with Gasteiger partial charge in [-0.1, -0.05) is 18.2 Å². The molecule has 1 nitrogen and oxygen atoms in total. The Morgan fingerprint density at radius 3 is 1.80 bits per heavy atom. The molecular weight excluding hydrogens is 133 g/mol. The molecule has 0 spiro atoms. The third-order valence-corrected chi connectivity index (χ3v) is 1.27. The monoisotopic (exact) mass is 145 g/mol. The first kappa shape index (κ1) is 10.0. The maximum atomic E-state index is 2.08. The molecule has 0 aliphatic heterocycles. The second-order valence-electron chi connectivity index (χ2n) is 2.23. The summed E-state index contributed by atoms with van der Waals surface area (Å²) >= 11 is 0. The molecule has 0 aliphatic carbocycles. The van der Waals surface area contributed by atoms with Crippen molar-refractivity contribution in [3.63, 3.8) is 0 Å². The molecule has 1 rings (SSSR count). The maximum absolute atomic E-state index is 2.08. The molecular formula is C8H12NNa. The quantitative estimate of drug-likeness (QED) is 0.535. The fraction of sp³-hybridized carbons (Fsp3) is 0.250. The van der Waals surface area contributed by atoms with Crippen LogP contribution in [0, 0.1) is 0 Å². The van der Waals surface area contributed by atoms with Crippen LogP contribution in [0.15, 0.2) is 30.3 Å². The van der Waals surface area contributed by atoms with Crippen LogP contribution in [0.5, 0.6) is 0 Å². The van der Waals surface area contributed by atoms with E-state index in [2.05, 4.69) is 17.0 Å². The van der Waals surface area contributed by atoms with Crippen molar-refractivity contribution in [1.82, 2.24) is 0 Å². The molecule has 0 aliphatic rings. The normalized spacial score (nSPS) is 8.20. The Bertz CT molecular complexity index is 172. The van der Waals surface area contributed by atoms with E-state index in [-0.39, 0.29) is 29.6 Å². The van der Waals surface area contributed by atoms with Crippen molar-refractivity contribution in [3.8, 4) is 0 Å². The topological polar surface area (TPSA) is 3.24 Å². The predicted molar refractivity (Wildman–Crippen MR) is 47.9 cm³/mol. The number of benzene rings is 1. The van der Waals surface area contributed by atoms with Gasteiger partial charge in [-0.15, -0.1) is 0 Å². The van der Waals surface area contributed by atoms with E-state index >= 15 is 0 Å². The number of hydrogen-bond donors (Lipinski definition) is 0. The van der Waals surface area contributed by atoms with Gasteiger partial charge >= 0.3 is 29.6 Å². The van der Waals surface area contributed by atoms with Gasteiger partial charge in [-0.3, -0.25) is 0 Å². The Morgan fingerprint density at radius 1 is 1.00 bits per heavy atom. The number of anilines is 1. The minimum atomic E-state index is 0. The Balaban J connectivity index is 0.000000810. The molecule has 1 aromatic carbocycles. The van der Waals surface area contributed by atoms with E-state index in [1.807, 2.05) is 32.3 Å². The van der Waals surface area contributed by atoms with Gasteiger partial charge in [0, 0.05) is 19.8 Å². The first-order valence-corrected chi connectivity index (χ1v) is 3.03. The third kappa shape index (κ3) is 2.74. The molecule has 0 atom stereocenters. The summed E-state index contributed by atoms with van der Waals surface area (Å²) in [5.41, 5.74) is 1.25.